The number of rotatable bonds is 19. The van der Waals surface area contributed by atoms with E-state index in [0.717, 1.165) is 12.8 Å². The fourth-order valence-corrected chi connectivity index (χ4v) is 3.49. The molecule has 0 heterocycles. The molecule has 0 aromatic rings. The van der Waals surface area contributed by atoms with Crippen LogP contribution in [-0.2, 0) is 4.79 Å². The average Bonchev–Trinajstić information content (AvgIpc) is 2.57. The maximum absolute atomic E-state index is 11.1. The number of carboxylic acid groups (broad SMARTS) is 1. The van der Waals surface area contributed by atoms with Gasteiger partial charge in [0.2, 0.25) is 0 Å². The molecule has 26 heavy (non-hydrogen) atoms. The van der Waals surface area contributed by atoms with Crippen LogP contribution in [0.1, 0.15) is 116 Å². The van der Waals surface area contributed by atoms with Gasteiger partial charge in [-0.05, 0) is 20.5 Å². The molecule has 1 atom stereocenters. The van der Waals surface area contributed by atoms with E-state index in [4.69, 9.17) is 5.11 Å². The van der Waals surface area contributed by atoms with Gasteiger partial charge in [0.15, 0.2) is 0 Å². The molecule has 0 aliphatic carbocycles. The van der Waals surface area contributed by atoms with E-state index in [2.05, 4.69) is 6.92 Å². The summed E-state index contributed by atoms with van der Waals surface area (Å²) in [6.07, 6.45) is 22.5. The van der Waals surface area contributed by atoms with E-state index < -0.39 is 5.97 Å². The molecule has 0 aromatic heterocycles. The van der Waals surface area contributed by atoms with Crippen molar-refractivity contribution in [1.82, 2.24) is 4.90 Å². The van der Waals surface area contributed by atoms with Gasteiger partial charge in [-0.15, -0.1) is 0 Å². The molecule has 1 unspecified atom stereocenters. The fourth-order valence-electron chi connectivity index (χ4n) is 3.49. The molecule has 152 valence electrons. The number of aliphatic carboxylic acids is 1. The van der Waals surface area contributed by atoms with Gasteiger partial charge < -0.3 is 5.11 Å². The standard InChI is InChI=1S/C22H45NO2.Na.H/c1-4-5-6-7-8-9-10-11-12-13-14-15-16-17-18-19-20-21(22(24)25)23(2)3;;/h21H,4-20H2,1-3H3,(H,24,25);;. The quantitative estimate of drug-likeness (QED) is 0.221. The Balaban J connectivity index is 0. The van der Waals surface area contributed by atoms with Gasteiger partial charge in [0.05, 0.1) is 0 Å². The van der Waals surface area contributed by atoms with Crippen LogP contribution in [0.2, 0.25) is 0 Å². The van der Waals surface area contributed by atoms with Crippen molar-refractivity contribution < 1.29 is 9.90 Å². The molecule has 0 radical (unpaired) electrons. The summed E-state index contributed by atoms with van der Waals surface area (Å²) >= 11 is 0. The molecule has 1 N–H and O–H groups in total. The Morgan fingerprint density at radius 3 is 1.27 bits per heavy atom. The second-order valence-corrected chi connectivity index (χ2v) is 7.91. The normalized spacial score (nSPS) is 12.2. The van der Waals surface area contributed by atoms with Crippen LogP contribution >= 0.6 is 0 Å². The van der Waals surface area contributed by atoms with Crippen molar-refractivity contribution in [1.29, 1.82) is 0 Å². The van der Waals surface area contributed by atoms with Crippen molar-refractivity contribution in [3.8, 4) is 0 Å². The minimum atomic E-state index is -0.689. The number of hydrogen-bond acceptors (Lipinski definition) is 2. The zero-order valence-electron chi connectivity index (χ0n) is 17.4. The van der Waals surface area contributed by atoms with Crippen molar-refractivity contribution in [2.75, 3.05) is 14.1 Å². The van der Waals surface area contributed by atoms with Gasteiger partial charge in [-0.3, -0.25) is 9.69 Å². The molecule has 0 amide bonds. The molecule has 0 aliphatic heterocycles. The SMILES string of the molecule is CCCCCCCCCCCCCCCCCCC(C(=O)O)N(C)C.[NaH]. The van der Waals surface area contributed by atoms with E-state index in [0.29, 0.717) is 0 Å². The van der Waals surface area contributed by atoms with E-state index in [-0.39, 0.29) is 35.6 Å². The van der Waals surface area contributed by atoms with Gasteiger partial charge in [0.25, 0.3) is 0 Å². The van der Waals surface area contributed by atoms with Crippen LogP contribution in [0.25, 0.3) is 0 Å². The number of nitrogens with zero attached hydrogens (tertiary/aromatic N) is 1. The first-order valence-electron chi connectivity index (χ1n) is 11.0. The van der Waals surface area contributed by atoms with Gasteiger partial charge in [-0.25, -0.2) is 0 Å². The summed E-state index contributed by atoms with van der Waals surface area (Å²) < 4.78 is 0. The first kappa shape index (κ1) is 28.6. The van der Waals surface area contributed by atoms with Crippen LogP contribution < -0.4 is 0 Å². The van der Waals surface area contributed by atoms with Crippen molar-refractivity contribution in [2.45, 2.75) is 122 Å². The van der Waals surface area contributed by atoms with Crippen LogP contribution in [0.15, 0.2) is 0 Å². The number of hydrogen-bond donors (Lipinski definition) is 1. The van der Waals surface area contributed by atoms with Crippen molar-refractivity contribution in [2.24, 2.45) is 0 Å². The fraction of sp³-hybridized carbons (Fsp3) is 0.955. The summed E-state index contributed by atoms with van der Waals surface area (Å²) in [6.45, 7) is 2.28. The molecule has 0 rings (SSSR count). The predicted molar refractivity (Wildman–Crippen MR) is 116 cm³/mol. The Morgan fingerprint density at radius 1 is 0.692 bits per heavy atom. The second-order valence-electron chi connectivity index (χ2n) is 7.91. The molecule has 4 heteroatoms. The summed E-state index contributed by atoms with van der Waals surface area (Å²) in [5.74, 6) is -0.689. The van der Waals surface area contributed by atoms with E-state index in [9.17, 15) is 4.79 Å². The van der Waals surface area contributed by atoms with E-state index >= 15 is 0 Å². The molecular formula is C22H46NNaO2. The summed E-state index contributed by atoms with van der Waals surface area (Å²) in [5, 5.41) is 9.13. The number of unbranched alkanes of at least 4 members (excludes halogenated alkanes) is 15. The third-order valence-corrected chi connectivity index (χ3v) is 5.24. The van der Waals surface area contributed by atoms with Gasteiger partial charge >= 0.3 is 35.5 Å². The Labute approximate surface area is 186 Å². The summed E-state index contributed by atoms with van der Waals surface area (Å²) in [5.41, 5.74) is 0. The zero-order chi connectivity index (χ0) is 18.8. The van der Waals surface area contributed by atoms with Crippen LogP contribution in [0.5, 0.6) is 0 Å². The summed E-state index contributed by atoms with van der Waals surface area (Å²) in [7, 11) is 3.70. The predicted octanol–water partition coefficient (Wildman–Crippen LogP) is 6.00. The minimum absolute atomic E-state index is 0. The monoisotopic (exact) mass is 379 g/mol. The van der Waals surface area contributed by atoms with Gasteiger partial charge in [0.1, 0.15) is 6.04 Å². The molecule has 0 saturated heterocycles. The number of carboxylic acids is 1. The first-order chi connectivity index (χ1) is 12.1. The van der Waals surface area contributed by atoms with Gasteiger partial charge in [0, 0.05) is 0 Å². The number of carbonyl (C=O) groups is 1. The average molecular weight is 380 g/mol. The summed E-state index contributed by atoms with van der Waals surface area (Å²) in [6, 6.07) is -0.313. The topological polar surface area (TPSA) is 40.5 Å². The van der Waals surface area contributed by atoms with Crippen molar-refractivity contribution in [3.05, 3.63) is 0 Å². The molecular weight excluding hydrogens is 333 g/mol. The van der Waals surface area contributed by atoms with E-state index in [1.165, 1.54) is 96.3 Å². The molecule has 0 spiro atoms. The molecule has 0 bridgehead atoms. The molecule has 0 fully saturated rings. The number of likely N-dealkylation sites (N-methyl/N-ethyl adjacent to an activating group) is 1. The van der Waals surface area contributed by atoms with Gasteiger partial charge in [-0.2, -0.15) is 0 Å². The van der Waals surface area contributed by atoms with Crippen LogP contribution in [0.3, 0.4) is 0 Å². The molecule has 3 nitrogen and oxygen atoms in total. The molecule has 0 aliphatic rings. The van der Waals surface area contributed by atoms with Crippen LogP contribution in [0.4, 0.5) is 0 Å². The van der Waals surface area contributed by atoms with Crippen molar-refractivity contribution >= 4 is 35.5 Å². The second kappa shape index (κ2) is 21.7. The Morgan fingerprint density at radius 2 is 1.00 bits per heavy atom. The maximum atomic E-state index is 11.1. The zero-order valence-corrected chi connectivity index (χ0v) is 17.4. The molecule has 0 saturated carbocycles. The first-order valence-corrected chi connectivity index (χ1v) is 11.0. The Kier molecular flexibility index (Phi) is 23.9. The van der Waals surface area contributed by atoms with E-state index in [1.807, 2.05) is 19.0 Å². The van der Waals surface area contributed by atoms with Gasteiger partial charge in [-0.1, -0.05) is 110 Å². The summed E-state index contributed by atoms with van der Waals surface area (Å²) in [4.78, 5) is 12.9. The van der Waals surface area contributed by atoms with Crippen LogP contribution in [-0.4, -0.2) is 65.7 Å². The van der Waals surface area contributed by atoms with E-state index in [1.54, 1.807) is 0 Å². The third-order valence-electron chi connectivity index (χ3n) is 5.24. The Hall–Kier alpha value is 0.430. The van der Waals surface area contributed by atoms with Crippen molar-refractivity contribution in [3.63, 3.8) is 0 Å². The van der Waals surface area contributed by atoms with Crippen LogP contribution in [0, 0.1) is 0 Å². The third kappa shape index (κ3) is 19.2. The Bertz CT molecular complexity index is 298. The molecule has 0 aromatic carbocycles.